The topological polar surface area (TPSA) is 112 Å². The van der Waals surface area contributed by atoms with Crippen molar-refractivity contribution in [2.75, 3.05) is 32.1 Å². The number of benzene rings is 1. The van der Waals surface area contributed by atoms with Crippen molar-refractivity contribution in [2.24, 2.45) is 0 Å². The SMILES string of the molecule is CN(C)S(=O)(=O)N[C@@H]1CCN(c2noc(-c3ccccc3)n2)C[C@H]1O. The molecular weight excluding hydrogens is 346 g/mol. The molecular formula is C15H21N5O4S. The molecule has 1 fully saturated rings. The molecule has 1 saturated heterocycles. The number of aromatic nitrogens is 2. The van der Waals surface area contributed by atoms with Crippen LogP contribution in [0.15, 0.2) is 34.9 Å². The van der Waals surface area contributed by atoms with Gasteiger partial charge >= 0.3 is 0 Å². The van der Waals surface area contributed by atoms with E-state index in [9.17, 15) is 13.5 Å². The summed E-state index contributed by atoms with van der Waals surface area (Å²) in [4.78, 5) is 6.14. The second-order valence-corrected chi connectivity index (χ2v) is 8.00. The molecule has 0 unspecified atom stereocenters. The molecule has 2 atom stereocenters. The molecule has 25 heavy (non-hydrogen) atoms. The number of nitrogens with one attached hydrogen (secondary N) is 1. The highest BCUT2D eigenvalue weighted by Gasteiger charge is 2.33. The third-order valence-electron chi connectivity index (χ3n) is 4.08. The van der Waals surface area contributed by atoms with Crippen molar-refractivity contribution in [3.05, 3.63) is 30.3 Å². The number of piperidine rings is 1. The second kappa shape index (κ2) is 7.08. The number of hydrogen-bond acceptors (Lipinski definition) is 7. The van der Waals surface area contributed by atoms with Crippen LogP contribution in [-0.4, -0.2) is 67.3 Å². The first-order valence-electron chi connectivity index (χ1n) is 7.89. The Hall–Kier alpha value is -2.01. The largest absolute Gasteiger partial charge is 0.390 e. The van der Waals surface area contributed by atoms with Crippen LogP contribution in [0.25, 0.3) is 11.5 Å². The highest BCUT2D eigenvalue weighted by molar-refractivity contribution is 7.87. The molecule has 1 aliphatic rings. The molecule has 0 bridgehead atoms. The Morgan fingerprint density at radius 2 is 2.04 bits per heavy atom. The van der Waals surface area contributed by atoms with Crippen LogP contribution in [-0.2, 0) is 10.2 Å². The summed E-state index contributed by atoms with van der Waals surface area (Å²) in [6.07, 6.45) is -0.439. The maximum Gasteiger partial charge on any atom is 0.279 e. The normalized spacial score (nSPS) is 21.7. The number of anilines is 1. The van der Waals surface area contributed by atoms with E-state index in [1.165, 1.54) is 14.1 Å². The fourth-order valence-electron chi connectivity index (χ4n) is 2.59. The van der Waals surface area contributed by atoms with Gasteiger partial charge < -0.3 is 14.5 Å². The molecule has 0 aliphatic carbocycles. The second-order valence-electron chi connectivity index (χ2n) is 6.08. The summed E-state index contributed by atoms with van der Waals surface area (Å²) in [6.45, 7) is 0.722. The van der Waals surface area contributed by atoms with Crippen molar-refractivity contribution in [1.82, 2.24) is 19.2 Å². The summed E-state index contributed by atoms with van der Waals surface area (Å²) in [5.41, 5.74) is 0.815. The van der Waals surface area contributed by atoms with Crippen LogP contribution in [0.1, 0.15) is 6.42 Å². The van der Waals surface area contributed by atoms with Gasteiger partial charge in [-0.2, -0.15) is 22.4 Å². The Morgan fingerprint density at radius 1 is 1.32 bits per heavy atom. The Balaban J connectivity index is 1.67. The van der Waals surface area contributed by atoms with Crippen LogP contribution in [0.5, 0.6) is 0 Å². The number of hydrogen-bond donors (Lipinski definition) is 2. The van der Waals surface area contributed by atoms with Gasteiger partial charge in [0.25, 0.3) is 22.0 Å². The lowest BCUT2D eigenvalue weighted by Crippen LogP contribution is -2.56. The molecule has 1 aromatic heterocycles. The molecule has 2 N–H and O–H groups in total. The van der Waals surface area contributed by atoms with E-state index in [1.54, 1.807) is 4.90 Å². The summed E-state index contributed by atoms with van der Waals surface area (Å²) < 4.78 is 32.7. The molecule has 0 radical (unpaired) electrons. The zero-order valence-electron chi connectivity index (χ0n) is 14.0. The first kappa shape index (κ1) is 17.8. The smallest absolute Gasteiger partial charge is 0.279 e. The van der Waals surface area contributed by atoms with Gasteiger partial charge in [0.15, 0.2) is 0 Å². The zero-order chi connectivity index (χ0) is 18.0. The average molecular weight is 367 g/mol. The van der Waals surface area contributed by atoms with Gasteiger partial charge in [-0.3, -0.25) is 0 Å². The number of rotatable bonds is 5. The van der Waals surface area contributed by atoms with Crippen molar-refractivity contribution in [1.29, 1.82) is 0 Å². The zero-order valence-corrected chi connectivity index (χ0v) is 14.8. The first-order valence-corrected chi connectivity index (χ1v) is 9.33. The molecule has 3 rings (SSSR count). The van der Waals surface area contributed by atoms with Gasteiger partial charge in [-0.1, -0.05) is 18.2 Å². The molecule has 1 aliphatic heterocycles. The maximum atomic E-state index is 11.9. The average Bonchev–Trinajstić information content (AvgIpc) is 3.07. The van der Waals surface area contributed by atoms with Gasteiger partial charge in [-0.25, -0.2) is 0 Å². The van der Waals surface area contributed by atoms with Crippen molar-refractivity contribution in [2.45, 2.75) is 18.6 Å². The van der Waals surface area contributed by atoms with Gasteiger partial charge in [0, 0.05) is 32.7 Å². The molecule has 0 spiro atoms. The van der Waals surface area contributed by atoms with Crippen LogP contribution in [0.4, 0.5) is 5.95 Å². The highest BCUT2D eigenvalue weighted by atomic mass is 32.2. The quantitative estimate of drug-likeness (QED) is 0.769. The van der Waals surface area contributed by atoms with Crippen molar-refractivity contribution < 1.29 is 18.0 Å². The maximum absolute atomic E-state index is 11.9. The summed E-state index contributed by atoms with van der Waals surface area (Å²) >= 11 is 0. The summed E-state index contributed by atoms with van der Waals surface area (Å²) in [6, 6.07) is 8.85. The Bertz CT molecular complexity index is 808. The van der Waals surface area contributed by atoms with Gasteiger partial charge in [-0.15, -0.1) is 0 Å². The molecule has 9 nitrogen and oxygen atoms in total. The summed E-state index contributed by atoms with van der Waals surface area (Å²) in [5, 5.41) is 14.3. The van der Waals surface area contributed by atoms with Crippen LogP contribution in [0, 0.1) is 0 Å². The van der Waals surface area contributed by atoms with Crippen LogP contribution < -0.4 is 9.62 Å². The minimum Gasteiger partial charge on any atom is -0.390 e. The monoisotopic (exact) mass is 367 g/mol. The van der Waals surface area contributed by atoms with E-state index in [4.69, 9.17) is 4.52 Å². The van der Waals surface area contributed by atoms with Gasteiger partial charge in [-0.05, 0) is 23.7 Å². The fraction of sp³-hybridized carbons (Fsp3) is 0.467. The standard InChI is InChI=1S/C15H21N5O4S/c1-19(2)25(22,23)18-12-8-9-20(10-13(12)21)15-16-14(24-17-15)11-6-4-3-5-7-11/h3-7,12-13,18,21H,8-10H2,1-2H3/t12-,13-/m1/s1. The minimum absolute atomic E-state index is 0.217. The third kappa shape index (κ3) is 3.98. The predicted molar refractivity (Wildman–Crippen MR) is 92.1 cm³/mol. The summed E-state index contributed by atoms with van der Waals surface area (Å²) in [5.74, 6) is 0.785. The van der Waals surface area contributed by atoms with E-state index in [0.717, 1.165) is 9.87 Å². The molecule has 1 aromatic carbocycles. The molecule has 2 heterocycles. The van der Waals surface area contributed by atoms with E-state index in [1.807, 2.05) is 30.3 Å². The number of aliphatic hydroxyl groups excluding tert-OH is 1. The minimum atomic E-state index is -3.59. The van der Waals surface area contributed by atoms with E-state index in [0.29, 0.717) is 24.8 Å². The third-order valence-corrected chi connectivity index (χ3v) is 5.64. The van der Waals surface area contributed by atoms with Crippen LogP contribution >= 0.6 is 0 Å². The molecule has 136 valence electrons. The fourth-order valence-corrected chi connectivity index (χ4v) is 3.46. The Kier molecular flexibility index (Phi) is 5.04. The number of aliphatic hydroxyl groups is 1. The first-order chi connectivity index (χ1) is 11.9. The molecule has 2 aromatic rings. The van der Waals surface area contributed by atoms with E-state index in [-0.39, 0.29) is 6.54 Å². The van der Waals surface area contributed by atoms with Gasteiger partial charge in [0.1, 0.15) is 0 Å². The van der Waals surface area contributed by atoms with E-state index >= 15 is 0 Å². The number of β-amino-alcohol motifs (C(OH)–C–C–N with tert-alkyl or cyclic N) is 1. The van der Waals surface area contributed by atoms with E-state index in [2.05, 4.69) is 14.9 Å². The number of nitrogens with zero attached hydrogens (tertiary/aromatic N) is 4. The Morgan fingerprint density at radius 3 is 2.68 bits per heavy atom. The van der Waals surface area contributed by atoms with Gasteiger partial charge in [0.05, 0.1) is 12.1 Å². The van der Waals surface area contributed by atoms with E-state index < -0.39 is 22.4 Å². The van der Waals surface area contributed by atoms with Crippen molar-refractivity contribution >= 4 is 16.2 Å². The van der Waals surface area contributed by atoms with Crippen LogP contribution in [0.2, 0.25) is 0 Å². The van der Waals surface area contributed by atoms with Crippen LogP contribution in [0.3, 0.4) is 0 Å². The van der Waals surface area contributed by atoms with Gasteiger partial charge in [0.2, 0.25) is 0 Å². The summed E-state index contributed by atoms with van der Waals surface area (Å²) in [7, 11) is -0.712. The molecule has 0 amide bonds. The lowest BCUT2D eigenvalue weighted by atomic mass is 10.0. The lowest BCUT2D eigenvalue weighted by molar-refractivity contribution is 0.123. The predicted octanol–water partition coefficient (Wildman–Crippen LogP) is 0.0722. The highest BCUT2D eigenvalue weighted by Crippen LogP contribution is 2.22. The lowest BCUT2D eigenvalue weighted by Gasteiger charge is -2.35. The van der Waals surface area contributed by atoms with Crippen molar-refractivity contribution in [3.8, 4) is 11.5 Å². The van der Waals surface area contributed by atoms with Crippen molar-refractivity contribution in [3.63, 3.8) is 0 Å². The Labute approximate surface area is 146 Å². The molecule has 0 saturated carbocycles. The molecule has 10 heteroatoms.